The Balaban J connectivity index is 0.000000697. The monoisotopic (exact) mass is 2110 g/mol. The second-order valence-electron chi connectivity index (χ2n) is 26.2. The number of carboxylic acid groups (broad SMARTS) is 3. The fourth-order valence-corrected chi connectivity index (χ4v) is 13.9. The SMILES string of the molecule is COC(=O)C(=C(F)F)c1cc(C)c(Cl)cc1Cl.COC(=O)C(C(=O)OC(C)(C)C)c1cc(C)c(Cl)cc1Cl.COC(=O)Cc1cc(C)c(Cl)cc1Cl.Cc1cc(C(=O)O)c(Cl)cc1Cl.Cc1cc(CBr)c(Cl)cc1Cl.Cc1cc(CC#N)c(Cl)cc1Cl.Cc1cc(CC(=O)O)c(Cl)cc1Cl.Cc1cc(CO)c(Cl)cc1Cl.O=C(O)c1cc(F)c(Cl)cc1Cl. The Bertz CT molecular complexity index is 5270. The van der Waals surface area contributed by atoms with Crippen molar-refractivity contribution < 1.29 is 86.1 Å². The molecule has 0 aromatic heterocycles. The Morgan fingerprint density at radius 2 is 0.715 bits per heavy atom. The topological polar surface area (TPSA) is 261 Å². The van der Waals surface area contributed by atoms with Crippen LogP contribution in [-0.2, 0) is 74.1 Å². The van der Waals surface area contributed by atoms with E-state index >= 15 is 0 Å². The molecule has 123 heavy (non-hydrogen) atoms. The van der Waals surface area contributed by atoms with Crippen molar-refractivity contribution in [1.29, 1.82) is 5.26 Å². The number of carbonyl (C=O) groups excluding carboxylic acids is 4. The van der Waals surface area contributed by atoms with Gasteiger partial charge in [0.05, 0.1) is 84.5 Å². The average Bonchev–Trinajstić information content (AvgIpc) is 0.827. The number of ether oxygens (including phenoxy) is 4. The zero-order chi connectivity index (χ0) is 94.9. The van der Waals surface area contributed by atoms with E-state index in [9.17, 15) is 46.7 Å². The van der Waals surface area contributed by atoms with Crippen LogP contribution in [0.5, 0.6) is 0 Å². The number of aryl methyl sites for hydroxylation is 8. The second kappa shape index (κ2) is 55.6. The van der Waals surface area contributed by atoms with Crippen LogP contribution in [-0.4, -0.2) is 89.1 Å². The van der Waals surface area contributed by atoms with Crippen LogP contribution >= 0.6 is 225 Å². The summed E-state index contributed by atoms with van der Waals surface area (Å²) in [5.41, 5.74) is 9.02. The van der Waals surface area contributed by atoms with Gasteiger partial charge in [0.25, 0.3) is 6.08 Å². The van der Waals surface area contributed by atoms with E-state index in [0.717, 1.165) is 79.1 Å². The van der Waals surface area contributed by atoms with Crippen LogP contribution in [0.25, 0.3) is 5.57 Å². The van der Waals surface area contributed by atoms with Crippen molar-refractivity contribution in [3.05, 3.63) is 306 Å². The second-order valence-corrected chi connectivity index (χ2v) is 34.1. The number of halogens is 22. The summed E-state index contributed by atoms with van der Waals surface area (Å²) < 4.78 is 56.9. The van der Waals surface area contributed by atoms with Crippen LogP contribution in [0.3, 0.4) is 0 Å². The normalized spacial score (nSPS) is 10.4. The van der Waals surface area contributed by atoms with Crippen LogP contribution in [0.4, 0.5) is 13.2 Å². The molecule has 0 saturated heterocycles. The van der Waals surface area contributed by atoms with Crippen molar-refractivity contribution in [3.63, 3.8) is 0 Å². The number of esters is 4. The summed E-state index contributed by atoms with van der Waals surface area (Å²) in [7, 11) is 3.57. The molecular formula is C85H75BrCl18F3NO15. The number of carboxylic acids is 3. The van der Waals surface area contributed by atoms with E-state index < -0.39 is 64.8 Å². The van der Waals surface area contributed by atoms with Gasteiger partial charge in [0.2, 0.25) is 0 Å². The van der Waals surface area contributed by atoms with Gasteiger partial charge in [-0.05, 0) is 227 Å². The smallest absolute Gasteiger partial charge is 0.344 e. The molecule has 0 aliphatic carbocycles. The molecule has 38 heteroatoms. The lowest BCUT2D eigenvalue weighted by atomic mass is 9.97. The first-order valence-electron chi connectivity index (χ1n) is 34.5. The Labute approximate surface area is 808 Å². The van der Waals surface area contributed by atoms with Crippen LogP contribution < -0.4 is 0 Å². The van der Waals surface area contributed by atoms with E-state index in [1.807, 2.05) is 52.8 Å². The number of nitrogens with zero attached hydrogens (tertiary/aromatic N) is 1. The van der Waals surface area contributed by atoms with Gasteiger partial charge in [-0.2, -0.15) is 14.0 Å². The molecule has 1 atom stereocenters. The number of aromatic carboxylic acids is 2. The maximum atomic E-state index is 12.7. The molecular weight excluding hydrogens is 2050 g/mol. The van der Waals surface area contributed by atoms with E-state index in [-0.39, 0.29) is 67.2 Å². The highest BCUT2D eigenvalue weighted by molar-refractivity contribution is 9.08. The van der Waals surface area contributed by atoms with E-state index in [1.165, 1.54) is 44.6 Å². The highest BCUT2D eigenvalue weighted by atomic mass is 79.9. The lowest BCUT2D eigenvalue weighted by Crippen LogP contribution is -2.32. The number of aliphatic carboxylic acids is 1. The summed E-state index contributed by atoms with van der Waals surface area (Å²) in [6.07, 6.45) is -1.72. The maximum absolute atomic E-state index is 12.7. The summed E-state index contributed by atoms with van der Waals surface area (Å²) in [6, 6.07) is 29.9. The minimum atomic E-state index is -2.15. The predicted octanol–water partition coefficient (Wildman–Crippen LogP) is 30.1. The first kappa shape index (κ1) is 115. The van der Waals surface area contributed by atoms with Crippen molar-refractivity contribution >= 4 is 272 Å². The number of aliphatic hydroxyl groups is 1. The van der Waals surface area contributed by atoms with Crippen molar-refractivity contribution in [3.8, 4) is 6.07 Å². The molecule has 0 heterocycles. The summed E-state index contributed by atoms with van der Waals surface area (Å²) >= 11 is 107. The average molecular weight is 2130 g/mol. The lowest BCUT2D eigenvalue weighted by Gasteiger charge is -2.23. The molecule has 0 radical (unpaired) electrons. The van der Waals surface area contributed by atoms with Gasteiger partial charge >= 0.3 is 41.8 Å². The van der Waals surface area contributed by atoms with Gasteiger partial charge in [0.15, 0.2) is 5.92 Å². The molecule has 4 N–H and O–H groups in total. The zero-order valence-corrected chi connectivity index (χ0v) is 82.2. The number of rotatable bonds is 14. The van der Waals surface area contributed by atoms with Gasteiger partial charge < -0.3 is 39.4 Å². The van der Waals surface area contributed by atoms with Crippen molar-refractivity contribution in [2.75, 3.05) is 21.3 Å². The molecule has 0 aliphatic rings. The van der Waals surface area contributed by atoms with E-state index in [0.29, 0.717) is 95.1 Å². The van der Waals surface area contributed by atoms with Crippen LogP contribution in [0, 0.1) is 72.5 Å². The zero-order valence-electron chi connectivity index (χ0n) is 67.0. The standard InChI is InChI=1S/C15H18Cl2O4.C11H8Cl2F2O2.C10H10Cl2O2.C9H7Cl2N.C9H8Cl2O2.C8H7BrCl2.C8H6Cl2O2.C8H8Cl2O.C7H3Cl2FO2/c1-8-6-9(11(17)7-10(8)16)12(13(18)20-5)14(19)21-15(2,3)4;1-5-3-6(8(13)4-7(5)12)9(10(14)15)11(16)17-2;1-6-3-7(4-10(13)14-2)9(12)5-8(6)11;1-6-4-7(2-3-12)9(11)5-8(6)10;1-5-2-6(3-9(12)13)8(11)4-7(5)10;1-5-2-6(4-9)8(11)3-7(5)10;1-4-2-5(8(11)12)7(10)3-6(4)9;1-5-2-6(4-11)8(10)3-7(5)9;8-4-2-5(9)6(10)1-3(4)7(11)12/h6-7,12H,1-5H3;3-4H,1-2H3;3,5H,4H2,1-2H3;4-5H,2H2,1H3;2,4H,3H2,1H3,(H,12,13);2-3H,4H2,1H3;2-3H,1H3,(H,11,12);2-3,11H,4H2,1H3;1-2H,(H,11,12). The fourth-order valence-electron chi connectivity index (χ4n) is 9.17. The van der Waals surface area contributed by atoms with E-state index in [2.05, 4.69) is 25.4 Å². The molecule has 0 amide bonds. The molecule has 1 unspecified atom stereocenters. The van der Waals surface area contributed by atoms with Crippen molar-refractivity contribution in [2.24, 2.45) is 0 Å². The fraction of sp³-hybridized carbons (Fsp3) is 0.247. The third-order valence-electron chi connectivity index (χ3n) is 15.6. The number of nitriles is 1. The van der Waals surface area contributed by atoms with E-state index in [4.69, 9.17) is 244 Å². The van der Waals surface area contributed by atoms with Gasteiger partial charge in [-0.3, -0.25) is 19.2 Å². The molecule has 664 valence electrons. The number of alkyl halides is 1. The largest absolute Gasteiger partial charge is 0.481 e. The number of benzene rings is 9. The highest BCUT2D eigenvalue weighted by Gasteiger charge is 2.36. The third kappa shape index (κ3) is 39.2. The first-order chi connectivity index (χ1) is 57.0. The van der Waals surface area contributed by atoms with Crippen molar-refractivity contribution in [2.45, 2.75) is 119 Å². The number of hydrogen-bond acceptors (Lipinski definition) is 13. The predicted molar refractivity (Wildman–Crippen MR) is 497 cm³/mol. The van der Waals surface area contributed by atoms with Crippen LogP contribution in [0.1, 0.15) is 131 Å². The molecule has 9 aromatic carbocycles. The molecule has 0 spiro atoms. The highest BCUT2D eigenvalue weighted by Crippen LogP contribution is 2.37. The number of carbonyl (C=O) groups is 7. The third-order valence-corrected chi connectivity index (χ3v) is 22.8. The Kier molecular flexibility index (Phi) is 52.0. The van der Waals surface area contributed by atoms with Gasteiger partial charge in [-0.15, -0.1) is 0 Å². The quantitative estimate of drug-likeness (QED) is 0.0197. The number of aliphatic hydroxyl groups excluding tert-OH is 1. The molecule has 0 fully saturated rings. The number of hydrogen-bond donors (Lipinski definition) is 4. The minimum Gasteiger partial charge on any atom is -0.481 e. The molecule has 9 rings (SSSR count). The number of methoxy groups -OCH3 is 3. The summed E-state index contributed by atoms with van der Waals surface area (Å²) in [5, 5.41) is 50.9. The molecule has 0 saturated carbocycles. The van der Waals surface area contributed by atoms with Crippen LogP contribution in [0.2, 0.25) is 90.4 Å². The van der Waals surface area contributed by atoms with Gasteiger partial charge in [-0.25, -0.2) is 18.8 Å². The molecule has 9 aromatic rings. The summed E-state index contributed by atoms with van der Waals surface area (Å²) in [5.74, 6) is -8.15. The first-order valence-corrected chi connectivity index (χ1v) is 42.4. The minimum absolute atomic E-state index is 0.0335. The summed E-state index contributed by atoms with van der Waals surface area (Å²) in [6.45, 7) is 19.6. The van der Waals surface area contributed by atoms with Gasteiger partial charge in [0.1, 0.15) is 17.0 Å². The Hall–Kier alpha value is -6.05. The summed E-state index contributed by atoms with van der Waals surface area (Å²) in [4.78, 5) is 77.9. The molecule has 0 aliphatic heterocycles. The molecule has 0 bridgehead atoms. The van der Waals surface area contributed by atoms with E-state index in [1.54, 1.807) is 96.1 Å². The Morgan fingerprint density at radius 1 is 0.398 bits per heavy atom. The maximum Gasteiger partial charge on any atom is 0.344 e. The Morgan fingerprint density at radius 3 is 1.07 bits per heavy atom. The van der Waals surface area contributed by atoms with Crippen LogP contribution in [0.15, 0.2) is 115 Å². The molecule has 16 nitrogen and oxygen atoms in total. The van der Waals surface area contributed by atoms with Crippen molar-refractivity contribution in [1.82, 2.24) is 0 Å². The lowest BCUT2D eigenvalue weighted by molar-refractivity contribution is -0.163. The van der Waals surface area contributed by atoms with Gasteiger partial charge in [0, 0.05) is 81.2 Å². The van der Waals surface area contributed by atoms with Gasteiger partial charge in [-0.1, -0.05) is 261 Å².